The summed E-state index contributed by atoms with van der Waals surface area (Å²) < 4.78 is 15.8. The molecule has 1 amide bonds. The number of hydrogen-bond donors (Lipinski definition) is 0. The summed E-state index contributed by atoms with van der Waals surface area (Å²) in [7, 11) is 3.15. The summed E-state index contributed by atoms with van der Waals surface area (Å²) in [5.41, 5.74) is 2.64. The Hall–Kier alpha value is -2.54. The number of nitrogens with zero attached hydrogens (tertiary/aromatic N) is 3. The number of hydrogen-bond acceptors (Lipinski definition) is 6. The van der Waals surface area contributed by atoms with Gasteiger partial charge >= 0.3 is 0 Å². The Morgan fingerprint density at radius 2 is 1.88 bits per heavy atom. The van der Waals surface area contributed by atoms with Crippen molar-refractivity contribution in [2.75, 3.05) is 40.4 Å². The van der Waals surface area contributed by atoms with Gasteiger partial charge in [-0.3, -0.25) is 9.69 Å². The molecule has 0 atom stereocenters. The molecular weight excluding hydrogens is 334 g/mol. The molecule has 1 aliphatic heterocycles. The van der Waals surface area contributed by atoms with E-state index >= 15 is 0 Å². The number of carbonyl (C=O) groups excluding carboxylic acids is 1. The Labute approximate surface area is 153 Å². The topological polar surface area (TPSA) is 68.0 Å². The maximum Gasteiger partial charge on any atom is 0.257 e. The van der Waals surface area contributed by atoms with Crippen molar-refractivity contribution >= 4 is 5.91 Å². The van der Waals surface area contributed by atoms with E-state index in [9.17, 15) is 4.79 Å². The van der Waals surface area contributed by atoms with Gasteiger partial charge in [0.25, 0.3) is 5.91 Å². The number of rotatable bonds is 5. The third-order valence-corrected chi connectivity index (χ3v) is 4.86. The Morgan fingerprint density at radius 1 is 1.15 bits per heavy atom. The van der Waals surface area contributed by atoms with Crippen molar-refractivity contribution in [1.82, 2.24) is 15.0 Å². The van der Waals surface area contributed by atoms with Crippen LogP contribution < -0.4 is 9.47 Å². The fraction of sp³-hybridized carbons (Fsp3) is 0.474. The van der Waals surface area contributed by atoms with Gasteiger partial charge in [-0.15, -0.1) is 0 Å². The molecule has 0 saturated carbocycles. The van der Waals surface area contributed by atoms with E-state index in [0.29, 0.717) is 30.2 Å². The fourth-order valence-corrected chi connectivity index (χ4v) is 3.21. The zero-order chi connectivity index (χ0) is 18.7. The lowest BCUT2D eigenvalue weighted by atomic mass is 10.1. The van der Waals surface area contributed by atoms with Crippen LogP contribution >= 0.6 is 0 Å². The average Bonchev–Trinajstić information content (AvgIpc) is 2.99. The van der Waals surface area contributed by atoms with Crippen molar-refractivity contribution in [2.45, 2.75) is 20.4 Å². The summed E-state index contributed by atoms with van der Waals surface area (Å²) in [5.74, 6) is 2.06. The second kappa shape index (κ2) is 7.78. The Morgan fingerprint density at radius 3 is 2.46 bits per heavy atom. The van der Waals surface area contributed by atoms with Crippen LogP contribution in [-0.2, 0) is 6.54 Å². The molecule has 3 rings (SSSR count). The predicted molar refractivity (Wildman–Crippen MR) is 96.7 cm³/mol. The first-order chi connectivity index (χ1) is 12.5. The quantitative estimate of drug-likeness (QED) is 0.816. The van der Waals surface area contributed by atoms with E-state index in [2.05, 4.69) is 10.1 Å². The third kappa shape index (κ3) is 3.67. The molecule has 0 bridgehead atoms. The predicted octanol–water partition coefficient (Wildman–Crippen LogP) is 2.27. The highest BCUT2D eigenvalue weighted by molar-refractivity contribution is 5.97. The van der Waals surface area contributed by atoms with Gasteiger partial charge in [-0.1, -0.05) is 5.16 Å². The lowest BCUT2D eigenvalue weighted by molar-refractivity contribution is 0.0624. The molecule has 0 spiro atoms. The van der Waals surface area contributed by atoms with Gasteiger partial charge in [0.1, 0.15) is 17.3 Å². The number of aryl methyl sites for hydroxylation is 2. The molecule has 26 heavy (non-hydrogen) atoms. The lowest BCUT2D eigenvalue weighted by Gasteiger charge is -2.35. The van der Waals surface area contributed by atoms with Gasteiger partial charge in [0, 0.05) is 44.4 Å². The smallest absolute Gasteiger partial charge is 0.257 e. The molecule has 7 nitrogen and oxygen atoms in total. The van der Waals surface area contributed by atoms with Crippen LogP contribution in [0.3, 0.4) is 0 Å². The van der Waals surface area contributed by atoms with Gasteiger partial charge in [0.15, 0.2) is 0 Å². The number of amides is 1. The van der Waals surface area contributed by atoms with Gasteiger partial charge < -0.3 is 18.9 Å². The van der Waals surface area contributed by atoms with Crippen LogP contribution in [-0.4, -0.2) is 61.3 Å². The summed E-state index contributed by atoms with van der Waals surface area (Å²) in [6, 6.07) is 5.28. The molecule has 2 heterocycles. The van der Waals surface area contributed by atoms with Gasteiger partial charge in [-0.25, -0.2) is 0 Å². The molecule has 140 valence electrons. The van der Waals surface area contributed by atoms with Gasteiger partial charge in [-0.2, -0.15) is 0 Å². The molecule has 0 radical (unpaired) electrons. The van der Waals surface area contributed by atoms with Crippen LogP contribution in [0.4, 0.5) is 0 Å². The molecule has 1 aromatic heterocycles. The van der Waals surface area contributed by atoms with Crippen LogP contribution in [0.5, 0.6) is 11.5 Å². The first kappa shape index (κ1) is 18.3. The average molecular weight is 359 g/mol. The number of methoxy groups -OCH3 is 2. The van der Waals surface area contributed by atoms with E-state index in [-0.39, 0.29) is 5.91 Å². The van der Waals surface area contributed by atoms with E-state index in [1.165, 1.54) is 0 Å². The van der Waals surface area contributed by atoms with Crippen molar-refractivity contribution in [3.05, 3.63) is 40.8 Å². The molecule has 1 aromatic carbocycles. The third-order valence-electron chi connectivity index (χ3n) is 4.86. The normalized spacial score (nSPS) is 15.2. The van der Waals surface area contributed by atoms with E-state index in [0.717, 1.165) is 36.7 Å². The minimum atomic E-state index is -0.0125. The fourth-order valence-electron chi connectivity index (χ4n) is 3.21. The second-order valence-corrected chi connectivity index (χ2v) is 6.44. The Bertz CT molecular complexity index is 760. The van der Waals surface area contributed by atoms with Crippen molar-refractivity contribution in [2.24, 2.45) is 0 Å². The van der Waals surface area contributed by atoms with E-state index in [4.69, 9.17) is 14.0 Å². The van der Waals surface area contributed by atoms with Crippen LogP contribution in [0.2, 0.25) is 0 Å². The van der Waals surface area contributed by atoms with Crippen LogP contribution in [0, 0.1) is 13.8 Å². The molecule has 2 aromatic rings. The first-order valence-electron chi connectivity index (χ1n) is 8.69. The molecule has 1 saturated heterocycles. The van der Waals surface area contributed by atoms with Crippen molar-refractivity contribution < 1.29 is 18.8 Å². The van der Waals surface area contributed by atoms with Crippen LogP contribution in [0.1, 0.15) is 27.4 Å². The maximum absolute atomic E-state index is 12.9. The van der Waals surface area contributed by atoms with Gasteiger partial charge in [-0.05, 0) is 26.0 Å². The largest absolute Gasteiger partial charge is 0.497 e. The van der Waals surface area contributed by atoms with Crippen LogP contribution in [0.15, 0.2) is 22.7 Å². The zero-order valence-electron chi connectivity index (χ0n) is 15.7. The summed E-state index contributed by atoms with van der Waals surface area (Å²) in [6.45, 7) is 7.68. The summed E-state index contributed by atoms with van der Waals surface area (Å²) in [4.78, 5) is 17.1. The summed E-state index contributed by atoms with van der Waals surface area (Å²) in [5, 5.41) is 4.01. The molecule has 1 fully saturated rings. The SMILES string of the molecule is COc1ccc(C(=O)N2CCN(Cc3c(C)noc3C)CC2)c(OC)c1. The van der Waals surface area contributed by atoms with E-state index < -0.39 is 0 Å². The first-order valence-corrected chi connectivity index (χ1v) is 8.69. The minimum Gasteiger partial charge on any atom is -0.497 e. The number of aromatic nitrogens is 1. The van der Waals surface area contributed by atoms with Crippen molar-refractivity contribution in [3.63, 3.8) is 0 Å². The highest BCUT2D eigenvalue weighted by atomic mass is 16.5. The minimum absolute atomic E-state index is 0.0125. The Balaban J connectivity index is 1.64. The standard InChI is InChI=1S/C19H25N3O4/c1-13-17(14(2)26-20-13)12-21-7-9-22(10-8-21)19(23)16-6-5-15(24-3)11-18(16)25-4/h5-6,11H,7-10,12H2,1-4H3. The van der Waals surface area contributed by atoms with E-state index in [1.54, 1.807) is 32.4 Å². The Kier molecular flexibility index (Phi) is 5.46. The summed E-state index contributed by atoms with van der Waals surface area (Å²) in [6.07, 6.45) is 0. The highest BCUT2D eigenvalue weighted by Crippen LogP contribution is 2.26. The zero-order valence-corrected chi connectivity index (χ0v) is 15.7. The monoisotopic (exact) mass is 359 g/mol. The van der Waals surface area contributed by atoms with Crippen molar-refractivity contribution in [1.29, 1.82) is 0 Å². The number of piperazine rings is 1. The molecule has 0 aliphatic carbocycles. The molecular formula is C19H25N3O4. The molecule has 1 aliphatic rings. The second-order valence-electron chi connectivity index (χ2n) is 6.44. The van der Waals surface area contributed by atoms with Gasteiger partial charge in [0.05, 0.1) is 25.5 Å². The van der Waals surface area contributed by atoms with E-state index in [1.807, 2.05) is 18.7 Å². The number of ether oxygens (including phenoxy) is 2. The molecule has 0 N–H and O–H groups in total. The maximum atomic E-state index is 12.9. The molecule has 0 unspecified atom stereocenters. The summed E-state index contributed by atoms with van der Waals surface area (Å²) >= 11 is 0. The van der Waals surface area contributed by atoms with Crippen molar-refractivity contribution in [3.8, 4) is 11.5 Å². The highest BCUT2D eigenvalue weighted by Gasteiger charge is 2.25. The number of carbonyl (C=O) groups is 1. The molecule has 7 heteroatoms. The number of benzene rings is 1. The van der Waals surface area contributed by atoms with Crippen LogP contribution in [0.25, 0.3) is 0 Å². The lowest BCUT2D eigenvalue weighted by Crippen LogP contribution is -2.48. The van der Waals surface area contributed by atoms with Gasteiger partial charge in [0.2, 0.25) is 0 Å².